The standard InChI is InChI=1S/C10H18N2O3/c13-7-1-5-12-6-3-10(15-9(12)14)2-4-11-8-10/h11,13H,1-8H2. The summed E-state index contributed by atoms with van der Waals surface area (Å²) < 4.78 is 5.49. The van der Waals surface area contributed by atoms with Crippen LogP contribution in [0, 0.1) is 0 Å². The van der Waals surface area contributed by atoms with Crippen LogP contribution < -0.4 is 5.32 Å². The zero-order chi connectivity index (χ0) is 10.7. The largest absolute Gasteiger partial charge is 0.441 e. The molecule has 1 unspecified atom stereocenters. The summed E-state index contributed by atoms with van der Waals surface area (Å²) >= 11 is 0. The van der Waals surface area contributed by atoms with E-state index in [2.05, 4.69) is 5.32 Å². The second-order valence-corrected chi connectivity index (χ2v) is 4.29. The Kier molecular flexibility index (Phi) is 3.11. The quantitative estimate of drug-likeness (QED) is 0.691. The first-order chi connectivity index (χ1) is 7.26. The molecule has 15 heavy (non-hydrogen) atoms. The van der Waals surface area contributed by atoms with Crippen LogP contribution in [-0.2, 0) is 4.74 Å². The zero-order valence-electron chi connectivity index (χ0n) is 8.87. The van der Waals surface area contributed by atoms with Crippen LogP contribution in [0.5, 0.6) is 0 Å². The number of nitrogens with zero attached hydrogens (tertiary/aromatic N) is 1. The molecule has 2 aliphatic heterocycles. The summed E-state index contributed by atoms with van der Waals surface area (Å²) in [6.07, 6.45) is 2.22. The van der Waals surface area contributed by atoms with E-state index in [1.165, 1.54) is 0 Å². The molecule has 1 atom stereocenters. The molecule has 0 saturated carbocycles. The molecule has 5 heteroatoms. The molecule has 0 radical (unpaired) electrons. The number of nitrogens with one attached hydrogen (secondary N) is 1. The Morgan fingerprint density at radius 3 is 3.00 bits per heavy atom. The molecule has 0 aliphatic carbocycles. The Labute approximate surface area is 89.4 Å². The van der Waals surface area contributed by atoms with E-state index in [-0.39, 0.29) is 18.3 Å². The highest BCUT2D eigenvalue weighted by Gasteiger charge is 2.42. The van der Waals surface area contributed by atoms with Gasteiger partial charge in [0.05, 0.1) is 0 Å². The number of ether oxygens (including phenoxy) is 1. The Morgan fingerprint density at radius 2 is 2.40 bits per heavy atom. The van der Waals surface area contributed by atoms with Crippen molar-refractivity contribution in [3.05, 3.63) is 0 Å². The summed E-state index contributed by atoms with van der Waals surface area (Å²) in [5.74, 6) is 0. The number of rotatable bonds is 3. The average molecular weight is 214 g/mol. The highest BCUT2D eigenvalue weighted by Crippen LogP contribution is 2.29. The minimum Gasteiger partial charge on any atom is -0.441 e. The number of aliphatic hydroxyl groups is 1. The molecule has 0 aromatic rings. The van der Waals surface area contributed by atoms with E-state index < -0.39 is 0 Å². The van der Waals surface area contributed by atoms with Gasteiger partial charge >= 0.3 is 6.09 Å². The summed E-state index contributed by atoms with van der Waals surface area (Å²) in [6, 6.07) is 0. The van der Waals surface area contributed by atoms with Crippen molar-refractivity contribution in [3.63, 3.8) is 0 Å². The maximum Gasteiger partial charge on any atom is 0.410 e. The van der Waals surface area contributed by atoms with Gasteiger partial charge in [0.15, 0.2) is 0 Å². The summed E-state index contributed by atoms with van der Waals surface area (Å²) in [5, 5.41) is 11.9. The lowest BCUT2D eigenvalue weighted by atomic mass is 9.97. The zero-order valence-corrected chi connectivity index (χ0v) is 8.87. The van der Waals surface area contributed by atoms with E-state index in [4.69, 9.17) is 9.84 Å². The molecule has 2 N–H and O–H groups in total. The van der Waals surface area contributed by atoms with Crippen molar-refractivity contribution in [1.82, 2.24) is 10.2 Å². The van der Waals surface area contributed by atoms with Gasteiger partial charge in [-0.25, -0.2) is 4.79 Å². The van der Waals surface area contributed by atoms with Crippen molar-refractivity contribution in [2.75, 3.05) is 32.8 Å². The molecule has 1 spiro atoms. The van der Waals surface area contributed by atoms with Gasteiger partial charge in [0.1, 0.15) is 5.60 Å². The normalized spacial score (nSPS) is 31.0. The van der Waals surface area contributed by atoms with E-state index in [1.54, 1.807) is 4.90 Å². The maximum atomic E-state index is 11.7. The predicted octanol–water partition coefficient (Wildman–Crippen LogP) is -0.0568. The minimum absolute atomic E-state index is 0.122. The highest BCUT2D eigenvalue weighted by atomic mass is 16.6. The Bertz CT molecular complexity index is 239. The fraction of sp³-hybridized carbons (Fsp3) is 0.900. The second-order valence-electron chi connectivity index (χ2n) is 4.29. The monoisotopic (exact) mass is 214 g/mol. The second kappa shape index (κ2) is 4.37. The van der Waals surface area contributed by atoms with Crippen molar-refractivity contribution in [2.45, 2.75) is 24.9 Å². The molecular formula is C10H18N2O3. The Balaban J connectivity index is 1.88. The van der Waals surface area contributed by atoms with Crippen LogP contribution in [0.2, 0.25) is 0 Å². The van der Waals surface area contributed by atoms with Crippen LogP contribution in [0.25, 0.3) is 0 Å². The molecule has 2 heterocycles. The van der Waals surface area contributed by atoms with Crippen LogP contribution >= 0.6 is 0 Å². The SMILES string of the molecule is O=C1OC2(CCNC2)CCN1CCCO. The van der Waals surface area contributed by atoms with Gasteiger partial charge in [-0.1, -0.05) is 0 Å². The van der Waals surface area contributed by atoms with Crippen LogP contribution in [0.15, 0.2) is 0 Å². The predicted molar refractivity (Wildman–Crippen MR) is 54.6 cm³/mol. The van der Waals surface area contributed by atoms with Gasteiger partial charge in [-0.05, 0) is 13.0 Å². The van der Waals surface area contributed by atoms with Crippen molar-refractivity contribution in [3.8, 4) is 0 Å². The van der Waals surface area contributed by atoms with E-state index in [1.807, 2.05) is 0 Å². The molecule has 86 valence electrons. The summed E-state index contributed by atoms with van der Waals surface area (Å²) in [5.41, 5.74) is -0.243. The lowest BCUT2D eigenvalue weighted by molar-refractivity contribution is -0.0365. The summed E-state index contributed by atoms with van der Waals surface area (Å²) in [6.45, 7) is 3.19. The van der Waals surface area contributed by atoms with E-state index in [0.717, 1.165) is 32.5 Å². The smallest absolute Gasteiger partial charge is 0.410 e. The number of aliphatic hydroxyl groups excluding tert-OH is 1. The van der Waals surface area contributed by atoms with Gasteiger partial charge in [0, 0.05) is 39.1 Å². The maximum absolute atomic E-state index is 11.7. The van der Waals surface area contributed by atoms with Gasteiger partial charge in [-0.3, -0.25) is 0 Å². The number of hydrogen-bond donors (Lipinski definition) is 2. The molecule has 0 aromatic carbocycles. The van der Waals surface area contributed by atoms with Crippen LogP contribution in [0.3, 0.4) is 0 Å². The van der Waals surface area contributed by atoms with E-state index in [9.17, 15) is 4.79 Å². The van der Waals surface area contributed by atoms with Gasteiger partial charge in [0.25, 0.3) is 0 Å². The molecule has 2 fully saturated rings. The first-order valence-electron chi connectivity index (χ1n) is 5.55. The van der Waals surface area contributed by atoms with E-state index >= 15 is 0 Å². The third kappa shape index (κ3) is 2.23. The number of amides is 1. The van der Waals surface area contributed by atoms with Crippen molar-refractivity contribution in [1.29, 1.82) is 0 Å². The molecule has 2 saturated heterocycles. The molecular weight excluding hydrogens is 196 g/mol. The van der Waals surface area contributed by atoms with Crippen LogP contribution in [-0.4, -0.2) is 54.5 Å². The number of hydrogen-bond acceptors (Lipinski definition) is 4. The first-order valence-corrected chi connectivity index (χ1v) is 5.55. The molecule has 2 rings (SSSR count). The van der Waals surface area contributed by atoms with Gasteiger partial charge in [-0.2, -0.15) is 0 Å². The topological polar surface area (TPSA) is 61.8 Å². The van der Waals surface area contributed by atoms with Crippen LogP contribution in [0.4, 0.5) is 4.79 Å². The minimum atomic E-state index is -0.243. The van der Waals surface area contributed by atoms with Crippen molar-refractivity contribution < 1.29 is 14.6 Å². The molecule has 5 nitrogen and oxygen atoms in total. The molecule has 2 aliphatic rings. The summed E-state index contributed by atoms with van der Waals surface area (Å²) in [7, 11) is 0. The van der Waals surface area contributed by atoms with Gasteiger partial charge < -0.3 is 20.1 Å². The Morgan fingerprint density at radius 1 is 1.53 bits per heavy atom. The third-order valence-corrected chi connectivity index (χ3v) is 3.19. The van der Waals surface area contributed by atoms with Gasteiger partial charge in [-0.15, -0.1) is 0 Å². The lowest BCUT2D eigenvalue weighted by Crippen LogP contribution is -2.50. The highest BCUT2D eigenvalue weighted by molar-refractivity contribution is 5.69. The van der Waals surface area contributed by atoms with E-state index in [0.29, 0.717) is 13.0 Å². The van der Waals surface area contributed by atoms with Gasteiger partial charge in [0.2, 0.25) is 0 Å². The Hall–Kier alpha value is -0.810. The molecule has 0 bridgehead atoms. The van der Waals surface area contributed by atoms with Crippen molar-refractivity contribution in [2.24, 2.45) is 0 Å². The third-order valence-electron chi connectivity index (χ3n) is 3.19. The molecule has 1 amide bonds. The summed E-state index contributed by atoms with van der Waals surface area (Å²) in [4.78, 5) is 13.3. The van der Waals surface area contributed by atoms with Crippen LogP contribution in [0.1, 0.15) is 19.3 Å². The van der Waals surface area contributed by atoms with Crippen molar-refractivity contribution >= 4 is 6.09 Å². The fourth-order valence-electron chi connectivity index (χ4n) is 2.22. The fourth-order valence-corrected chi connectivity index (χ4v) is 2.22. The number of carbonyl (C=O) groups excluding carboxylic acids is 1. The molecule has 0 aromatic heterocycles. The number of carbonyl (C=O) groups is 1. The lowest BCUT2D eigenvalue weighted by Gasteiger charge is -2.38. The average Bonchev–Trinajstić information content (AvgIpc) is 2.66. The first kappa shape index (κ1) is 10.7.